The minimum atomic E-state index is -1.04. The van der Waals surface area contributed by atoms with Crippen molar-refractivity contribution in [2.24, 2.45) is 5.92 Å². The van der Waals surface area contributed by atoms with Gasteiger partial charge in [-0.25, -0.2) is 9.59 Å². The van der Waals surface area contributed by atoms with Gasteiger partial charge in [0.25, 0.3) is 0 Å². The second-order valence-corrected chi connectivity index (χ2v) is 4.34. The minimum Gasteiger partial charge on any atom is -0.480 e. The first-order chi connectivity index (χ1) is 8.49. The Morgan fingerprint density at radius 1 is 1.50 bits per heavy atom. The van der Waals surface area contributed by atoms with Gasteiger partial charge in [0, 0.05) is 6.07 Å². The molecular formula is C11H17N3O4. The summed E-state index contributed by atoms with van der Waals surface area (Å²) in [5.41, 5.74) is 0.570. The van der Waals surface area contributed by atoms with E-state index in [1.807, 2.05) is 13.8 Å². The number of amides is 2. The van der Waals surface area contributed by atoms with Gasteiger partial charge in [-0.1, -0.05) is 19.0 Å². The number of aliphatic carboxylic acids is 1. The first-order valence-electron chi connectivity index (χ1n) is 5.65. The molecule has 0 radical (unpaired) electrons. The maximum absolute atomic E-state index is 11.5. The number of hydrogen-bond acceptors (Lipinski definition) is 4. The number of rotatable bonds is 6. The Morgan fingerprint density at radius 3 is 2.72 bits per heavy atom. The third-order valence-electron chi connectivity index (χ3n) is 2.23. The number of aromatic nitrogens is 1. The van der Waals surface area contributed by atoms with Gasteiger partial charge in [0.1, 0.15) is 18.0 Å². The van der Waals surface area contributed by atoms with Crippen LogP contribution in [0.5, 0.6) is 0 Å². The fourth-order valence-electron chi connectivity index (χ4n) is 1.40. The molecule has 1 atom stereocenters. The lowest BCUT2D eigenvalue weighted by molar-refractivity contribution is -0.139. The molecule has 100 valence electrons. The van der Waals surface area contributed by atoms with Gasteiger partial charge in [-0.3, -0.25) is 0 Å². The van der Waals surface area contributed by atoms with Crippen molar-refractivity contribution in [1.82, 2.24) is 15.8 Å². The molecule has 0 saturated heterocycles. The van der Waals surface area contributed by atoms with Crippen molar-refractivity contribution in [2.45, 2.75) is 32.9 Å². The van der Waals surface area contributed by atoms with E-state index in [4.69, 9.17) is 5.11 Å². The lowest BCUT2D eigenvalue weighted by Gasteiger charge is -2.16. The van der Waals surface area contributed by atoms with Crippen LogP contribution >= 0.6 is 0 Å². The van der Waals surface area contributed by atoms with Crippen LogP contribution in [-0.2, 0) is 11.3 Å². The van der Waals surface area contributed by atoms with E-state index in [2.05, 4.69) is 20.3 Å². The summed E-state index contributed by atoms with van der Waals surface area (Å²) in [7, 11) is 0. The summed E-state index contributed by atoms with van der Waals surface area (Å²) in [6, 6.07) is 0.191. The van der Waals surface area contributed by atoms with Crippen LogP contribution in [0.1, 0.15) is 26.0 Å². The summed E-state index contributed by atoms with van der Waals surface area (Å²) in [5, 5.41) is 17.5. The third kappa shape index (κ3) is 4.86. The molecule has 7 heteroatoms. The number of carbonyl (C=O) groups excluding carboxylic acids is 1. The zero-order valence-corrected chi connectivity index (χ0v) is 10.3. The molecule has 1 aromatic rings. The van der Waals surface area contributed by atoms with E-state index in [-0.39, 0.29) is 12.5 Å². The molecule has 0 aliphatic rings. The smallest absolute Gasteiger partial charge is 0.326 e. The molecule has 0 spiro atoms. The Bertz CT molecular complexity index is 389. The molecule has 0 unspecified atom stereocenters. The Kier molecular flexibility index (Phi) is 5.16. The Morgan fingerprint density at radius 2 is 2.22 bits per heavy atom. The predicted molar refractivity (Wildman–Crippen MR) is 62.8 cm³/mol. The molecule has 1 aromatic heterocycles. The van der Waals surface area contributed by atoms with Crippen molar-refractivity contribution in [2.75, 3.05) is 0 Å². The normalized spacial score (nSPS) is 12.2. The van der Waals surface area contributed by atoms with Crippen LogP contribution in [0.2, 0.25) is 0 Å². The summed E-state index contributed by atoms with van der Waals surface area (Å²) in [4.78, 5) is 22.4. The van der Waals surface area contributed by atoms with E-state index in [1.165, 1.54) is 6.26 Å². The highest BCUT2D eigenvalue weighted by molar-refractivity contribution is 5.82. The van der Waals surface area contributed by atoms with E-state index in [9.17, 15) is 9.59 Å². The summed E-state index contributed by atoms with van der Waals surface area (Å²) in [6.45, 7) is 3.98. The fourth-order valence-corrected chi connectivity index (χ4v) is 1.40. The highest BCUT2D eigenvalue weighted by Gasteiger charge is 2.20. The highest BCUT2D eigenvalue weighted by atomic mass is 16.5. The van der Waals surface area contributed by atoms with Gasteiger partial charge in [-0.2, -0.15) is 0 Å². The Labute approximate surface area is 105 Å². The quantitative estimate of drug-likeness (QED) is 0.702. The first-order valence-corrected chi connectivity index (χ1v) is 5.65. The molecule has 3 N–H and O–H groups in total. The van der Waals surface area contributed by atoms with Crippen molar-refractivity contribution >= 4 is 12.0 Å². The highest BCUT2D eigenvalue weighted by Crippen LogP contribution is 2.04. The van der Waals surface area contributed by atoms with Gasteiger partial charge >= 0.3 is 12.0 Å². The SMILES string of the molecule is CC(C)C[C@@H](NC(=O)NCc1ccon1)C(=O)O. The molecule has 2 amide bonds. The number of carboxylic acid groups (broad SMARTS) is 1. The average molecular weight is 255 g/mol. The van der Waals surface area contributed by atoms with Crippen molar-refractivity contribution in [3.63, 3.8) is 0 Å². The van der Waals surface area contributed by atoms with Gasteiger partial charge in [0.05, 0.1) is 6.54 Å². The average Bonchev–Trinajstić information content (AvgIpc) is 2.77. The molecule has 0 aromatic carbocycles. The number of carboxylic acids is 1. The predicted octanol–water partition coefficient (Wildman–Crippen LogP) is 0.973. The molecule has 18 heavy (non-hydrogen) atoms. The number of hydrogen-bond donors (Lipinski definition) is 3. The summed E-state index contributed by atoms with van der Waals surface area (Å²) >= 11 is 0. The molecule has 0 aliphatic carbocycles. The summed E-state index contributed by atoms with van der Waals surface area (Å²) in [5.74, 6) is -0.859. The molecule has 0 fully saturated rings. The number of nitrogens with zero attached hydrogens (tertiary/aromatic N) is 1. The lowest BCUT2D eigenvalue weighted by Crippen LogP contribution is -2.46. The molecule has 7 nitrogen and oxygen atoms in total. The van der Waals surface area contributed by atoms with Crippen LogP contribution in [0.4, 0.5) is 4.79 Å². The number of carbonyl (C=O) groups is 2. The summed E-state index contributed by atoms with van der Waals surface area (Å²) < 4.78 is 4.60. The number of urea groups is 1. The third-order valence-corrected chi connectivity index (χ3v) is 2.23. The molecular weight excluding hydrogens is 238 g/mol. The monoisotopic (exact) mass is 255 g/mol. The van der Waals surface area contributed by atoms with Crippen LogP contribution in [0.3, 0.4) is 0 Å². The van der Waals surface area contributed by atoms with Crippen molar-refractivity contribution in [3.8, 4) is 0 Å². The van der Waals surface area contributed by atoms with Gasteiger partial charge in [-0.05, 0) is 12.3 Å². The Balaban J connectivity index is 2.39. The van der Waals surface area contributed by atoms with E-state index >= 15 is 0 Å². The van der Waals surface area contributed by atoms with Gasteiger partial charge in [0.15, 0.2) is 0 Å². The standard InChI is InChI=1S/C11H17N3O4/c1-7(2)5-9(10(15)16)13-11(17)12-6-8-3-4-18-14-8/h3-4,7,9H,5-6H2,1-2H3,(H,15,16)(H2,12,13,17)/t9-/m1/s1. The molecule has 0 saturated carbocycles. The summed E-state index contributed by atoms with van der Waals surface area (Å²) in [6.07, 6.45) is 1.78. The maximum atomic E-state index is 11.5. The molecule has 1 heterocycles. The molecule has 1 rings (SSSR count). The van der Waals surface area contributed by atoms with Crippen LogP contribution in [0.25, 0.3) is 0 Å². The van der Waals surface area contributed by atoms with Crippen molar-refractivity contribution in [1.29, 1.82) is 0 Å². The lowest BCUT2D eigenvalue weighted by atomic mass is 10.0. The van der Waals surface area contributed by atoms with Crippen LogP contribution < -0.4 is 10.6 Å². The second kappa shape index (κ2) is 6.63. The fraction of sp³-hybridized carbons (Fsp3) is 0.545. The molecule has 0 aliphatic heterocycles. The van der Waals surface area contributed by atoms with Gasteiger partial charge in [-0.15, -0.1) is 0 Å². The van der Waals surface area contributed by atoms with E-state index in [1.54, 1.807) is 6.07 Å². The zero-order valence-electron chi connectivity index (χ0n) is 10.3. The maximum Gasteiger partial charge on any atom is 0.326 e. The topological polar surface area (TPSA) is 104 Å². The van der Waals surface area contributed by atoms with Crippen LogP contribution in [0.15, 0.2) is 16.9 Å². The van der Waals surface area contributed by atoms with Gasteiger partial charge < -0.3 is 20.3 Å². The molecule has 0 bridgehead atoms. The van der Waals surface area contributed by atoms with E-state index in [0.717, 1.165) is 0 Å². The van der Waals surface area contributed by atoms with E-state index in [0.29, 0.717) is 12.1 Å². The van der Waals surface area contributed by atoms with Crippen molar-refractivity contribution in [3.05, 3.63) is 18.0 Å². The van der Waals surface area contributed by atoms with Crippen LogP contribution in [0, 0.1) is 5.92 Å². The van der Waals surface area contributed by atoms with Crippen LogP contribution in [-0.4, -0.2) is 28.3 Å². The minimum absolute atomic E-state index is 0.182. The second-order valence-electron chi connectivity index (χ2n) is 4.34. The van der Waals surface area contributed by atoms with Crippen molar-refractivity contribution < 1.29 is 19.2 Å². The first kappa shape index (κ1) is 14.0. The van der Waals surface area contributed by atoms with Gasteiger partial charge in [0.2, 0.25) is 0 Å². The van der Waals surface area contributed by atoms with E-state index < -0.39 is 18.0 Å². The zero-order chi connectivity index (χ0) is 13.5. The largest absolute Gasteiger partial charge is 0.480 e. The Hall–Kier alpha value is -2.05. The number of nitrogens with one attached hydrogen (secondary N) is 2.